The Balaban J connectivity index is 0.983. The summed E-state index contributed by atoms with van der Waals surface area (Å²) in [6.07, 6.45) is 0. The van der Waals surface area contributed by atoms with Crippen LogP contribution >= 0.6 is 0 Å². The van der Waals surface area contributed by atoms with Crippen molar-refractivity contribution >= 4 is 21.8 Å². The van der Waals surface area contributed by atoms with E-state index >= 15 is 0 Å². The van der Waals surface area contributed by atoms with Gasteiger partial charge in [-0.05, 0) is 120 Å². The zero-order chi connectivity index (χ0) is 37.2. The van der Waals surface area contributed by atoms with E-state index in [0.29, 0.717) is 0 Å². The zero-order valence-electron chi connectivity index (χ0n) is 31.2. The molecule has 1 nitrogen and oxygen atoms in total. The molecule has 13 rings (SSSR count). The topological polar surface area (TPSA) is 4.93 Å². The van der Waals surface area contributed by atoms with Gasteiger partial charge >= 0.3 is 0 Å². The van der Waals surface area contributed by atoms with Crippen LogP contribution in [-0.2, 0) is 5.41 Å². The highest BCUT2D eigenvalue weighted by molar-refractivity contribution is 6.10. The van der Waals surface area contributed by atoms with Gasteiger partial charge in [0.1, 0.15) is 0 Å². The van der Waals surface area contributed by atoms with Gasteiger partial charge in [-0.1, -0.05) is 170 Å². The molecule has 10 aromatic rings. The van der Waals surface area contributed by atoms with E-state index in [2.05, 4.69) is 211 Å². The Bertz CT molecular complexity index is 3240. The summed E-state index contributed by atoms with van der Waals surface area (Å²) in [6, 6.07) is 77.4. The molecule has 1 heteroatoms. The standard InChI is InChI=1S/C56H35N/c1-2-14-38(15-3-1)57-53-25-13-9-20-44(53)48-33-36(28-31-54(48)57)35-26-30-46-47(32-35)39-16-4-5-21-45(39)55(46)37-27-29-43-42-19-8-12-24-51(42)56(52(43)34-37)49-22-10-6-17-40(49)41-18-7-11-23-50(41)56/h1-34,55H. The molecular weight excluding hydrogens is 687 g/mol. The first kappa shape index (κ1) is 31.0. The fourth-order valence-corrected chi connectivity index (χ4v) is 11.0. The molecule has 3 aliphatic rings. The highest BCUT2D eigenvalue weighted by atomic mass is 15.0. The molecule has 57 heavy (non-hydrogen) atoms. The van der Waals surface area contributed by atoms with E-state index < -0.39 is 0 Å². The SMILES string of the molecule is c1ccc(-n2c3ccccc3c3cc(-c4ccc5c(c4)-c4ccccc4C5c4ccc5c(c4)C4(c6ccccc6-c6ccccc64)c4ccccc4-5)ccc32)cc1. The van der Waals surface area contributed by atoms with E-state index in [9.17, 15) is 0 Å². The third-order valence-corrected chi connectivity index (χ3v) is 13.3. The van der Waals surface area contributed by atoms with Gasteiger partial charge in [0.25, 0.3) is 0 Å². The minimum atomic E-state index is -0.359. The van der Waals surface area contributed by atoms with E-state index in [1.54, 1.807) is 0 Å². The minimum Gasteiger partial charge on any atom is -0.309 e. The van der Waals surface area contributed by atoms with Gasteiger partial charge in [-0.15, -0.1) is 0 Å². The van der Waals surface area contributed by atoms with Gasteiger partial charge < -0.3 is 4.57 Å². The van der Waals surface area contributed by atoms with Crippen LogP contribution in [0.5, 0.6) is 0 Å². The van der Waals surface area contributed by atoms with E-state index in [4.69, 9.17) is 0 Å². The third kappa shape index (κ3) is 4.03. The molecular formula is C56H35N. The Hall–Kier alpha value is -7.22. The molecule has 1 aromatic heterocycles. The normalized spacial score (nSPS) is 15.0. The molecule has 3 aliphatic carbocycles. The van der Waals surface area contributed by atoms with Crippen molar-refractivity contribution in [3.63, 3.8) is 0 Å². The smallest absolute Gasteiger partial charge is 0.0725 e. The fraction of sp³-hybridized carbons (Fsp3) is 0.0357. The molecule has 0 fully saturated rings. The summed E-state index contributed by atoms with van der Waals surface area (Å²) in [4.78, 5) is 0. The highest BCUT2D eigenvalue weighted by Crippen LogP contribution is 2.63. The van der Waals surface area contributed by atoms with Crippen LogP contribution in [-0.4, -0.2) is 4.57 Å². The van der Waals surface area contributed by atoms with Gasteiger partial charge in [0.15, 0.2) is 0 Å². The fourth-order valence-electron chi connectivity index (χ4n) is 11.0. The average Bonchev–Trinajstić information content (AvgIpc) is 3.98. The maximum absolute atomic E-state index is 2.56. The van der Waals surface area contributed by atoms with Crippen LogP contribution in [0.2, 0.25) is 0 Å². The number of hydrogen-bond donors (Lipinski definition) is 0. The van der Waals surface area contributed by atoms with E-state index in [0.717, 1.165) is 0 Å². The van der Waals surface area contributed by atoms with Crippen LogP contribution in [0.1, 0.15) is 44.9 Å². The first-order valence-electron chi connectivity index (χ1n) is 20.0. The van der Waals surface area contributed by atoms with Crippen molar-refractivity contribution in [3.05, 3.63) is 245 Å². The zero-order valence-corrected chi connectivity index (χ0v) is 31.2. The van der Waals surface area contributed by atoms with Gasteiger partial charge in [0.2, 0.25) is 0 Å². The molecule has 0 N–H and O–H groups in total. The van der Waals surface area contributed by atoms with Crippen molar-refractivity contribution < 1.29 is 0 Å². The van der Waals surface area contributed by atoms with Crippen LogP contribution < -0.4 is 0 Å². The number of benzene rings is 9. The molecule has 0 saturated heterocycles. The maximum atomic E-state index is 2.56. The molecule has 1 atom stereocenters. The van der Waals surface area contributed by atoms with Crippen LogP contribution in [0.4, 0.5) is 0 Å². The van der Waals surface area contributed by atoms with Crippen molar-refractivity contribution in [3.8, 4) is 50.2 Å². The number of rotatable bonds is 3. The molecule has 0 radical (unpaired) electrons. The van der Waals surface area contributed by atoms with Gasteiger partial charge in [-0.2, -0.15) is 0 Å². The summed E-state index contributed by atoms with van der Waals surface area (Å²) in [5.74, 6) is 0.134. The second-order valence-corrected chi connectivity index (χ2v) is 15.9. The Morgan fingerprint density at radius 2 is 0.877 bits per heavy atom. The largest absolute Gasteiger partial charge is 0.309 e. The van der Waals surface area contributed by atoms with Crippen LogP contribution in [0.15, 0.2) is 206 Å². The number of hydrogen-bond acceptors (Lipinski definition) is 0. The minimum absolute atomic E-state index is 0.134. The van der Waals surface area contributed by atoms with Crippen molar-refractivity contribution in [2.24, 2.45) is 0 Å². The molecule has 0 aliphatic heterocycles. The van der Waals surface area contributed by atoms with Gasteiger partial charge in [-0.25, -0.2) is 0 Å². The monoisotopic (exact) mass is 721 g/mol. The van der Waals surface area contributed by atoms with Gasteiger partial charge in [0.05, 0.1) is 16.4 Å². The Kier molecular flexibility index (Phi) is 6.21. The molecule has 0 bridgehead atoms. The van der Waals surface area contributed by atoms with Crippen LogP contribution in [0.25, 0.3) is 72.0 Å². The summed E-state index contributed by atoms with van der Waals surface area (Å²) in [5.41, 5.74) is 23.4. The van der Waals surface area contributed by atoms with Gasteiger partial charge in [-0.3, -0.25) is 0 Å². The first-order valence-corrected chi connectivity index (χ1v) is 20.0. The lowest BCUT2D eigenvalue weighted by molar-refractivity contribution is 0.790. The number of para-hydroxylation sites is 2. The Labute approximate surface area is 331 Å². The summed E-state index contributed by atoms with van der Waals surface area (Å²) >= 11 is 0. The predicted molar refractivity (Wildman–Crippen MR) is 235 cm³/mol. The third-order valence-electron chi connectivity index (χ3n) is 13.3. The summed E-state index contributed by atoms with van der Waals surface area (Å²) in [6.45, 7) is 0. The first-order chi connectivity index (χ1) is 28.3. The van der Waals surface area contributed by atoms with E-state index in [-0.39, 0.29) is 11.3 Å². The lowest BCUT2D eigenvalue weighted by Gasteiger charge is -2.31. The number of fused-ring (bicyclic) bond motifs is 16. The lowest BCUT2D eigenvalue weighted by Crippen LogP contribution is -2.26. The lowest BCUT2D eigenvalue weighted by atomic mass is 9.70. The van der Waals surface area contributed by atoms with Gasteiger partial charge in [0, 0.05) is 22.4 Å². The second-order valence-electron chi connectivity index (χ2n) is 15.9. The Morgan fingerprint density at radius 3 is 1.61 bits per heavy atom. The molecule has 0 saturated carbocycles. The van der Waals surface area contributed by atoms with Crippen molar-refractivity contribution in [2.75, 3.05) is 0 Å². The predicted octanol–water partition coefficient (Wildman–Crippen LogP) is 14.0. The van der Waals surface area contributed by atoms with Crippen LogP contribution in [0.3, 0.4) is 0 Å². The molecule has 264 valence electrons. The molecule has 0 amide bonds. The highest BCUT2D eigenvalue weighted by Gasteiger charge is 2.51. The van der Waals surface area contributed by atoms with E-state index in [1.165, 1.54) is 111 Å². The summed E-state index contributed by atoms with van der Waals surface area (Å²) in [7, 11) is 0. The Morgan fingerprint density at radius 1 is 0.333 bits per heavy atom. The number of nitrogens with zero attached hydrogens (tertiary/aromatic N) is 1. The van der Waals surface area contributed by atoms with Crippen LogP contribution in [0, 0.1) is 0 Å². The average molecular weight is 722 g/mol. The van der Waals surface area contributed by atoms with E-state index in [1.807, 2.05) is 0 Å². The van der Waals surface area contributed by atoms with Crippen molar-refractivity contribution in [2.45, 2.75) is 11.3 Å². The van der Waals surface area contributed by atoms with Crippen molar-refractivity contribution in [1.82, 2.24) is 4.57 Å². The quantitative estimate of drug-likeness (QED) is 0.171. The second kappa shape index (κ2) is 11.4. The number of aromatic nitrogens is 1. The molecule has 9 aromatic carbocycles. The van der Waals surface area contributed by atoms with Crippen molar-refractivity contribution in [1.29, 1.82) is 0 Å². The summed E-state index contributed by atoms with van der Waals surface area (Å²) in [5, 5.41) is 2.54. The summed E-state index contributed by atoms with van der Waals surface area (Å²) < 4.78 is 2.39. The maximum Gasteiger partial charge on any atom is 0.0725 e. The molecule has 1 heterocycles. The molecule has 1 unspecified atom stereocenters. The molecule has 1 spiro atoms.